The van der Waals surface area contributed by atoms with Crippen LogP contribution in [0.15, 0.2) is 30.3 Å². The Morgan fingerprint density at radius 2 is 1.58 bits per heavy atom. The molecule has 0 spiro atoms. The molecule has 4 fully saturated rings. The maximum absolute atomic E-state index is 12.5. The van der Waals surface area contributed by atoms with Crippen molar-refractivity contribution in [1.82, 2.24) is 16.0 Å². The van der Waals surface area contributed by atoms with Crippen LogP contribution in [0.5, 0.6) is 0 Å². The molecule has 4 saturated carbocycles. The summed E-state index contributed by atoms with van der Waals surface area (Å²) in [4.78, 5) is 36.1. The molecule has 7 nitrogen and oxygen atoms in total. The monoisotopic (exact) mass is 455 g/mol. The van der Waals surface area contributed by atoms with E-state index >= 15 is 0 Å². The minimum absolute atomic E-state index is 0.0252. The molecule has 0 aliphatic heterocycles. The normalized spacial score (nSPS) is 28.2. The average molecular weight is 456 g/mol. The molecule has 0 radical (unpaired) electrons. The van der Waals surface area contributed by atoms with E-state index in [2.05, 4.69) is 16.0 Å². The lowest BCUT2D eigenvalue weighted by molar-refractivity contribution is -0.141. The fourth-order valence-corrected chi connectivity index (χ4v) is 6.65. The summed E-state index contributed by atoms with van der Waals surface area (Å²) in [5.41, 5.74) is 0.903. The van der Waals surface area contributed by atoms with Crippen LogP contribution < -0.4 is 16.0 Å². The molecule has 7 heteroatoms. The number of carbonyl (C=O) groups is 3. The summed E-state index contributed by atoms with van der Waals surface area (Å²) in [5.74, 6) is 1.13. The van der Waals surface area contributed by atoms with Crippen LogP contribution in [0.1, 0.15) is 69.8 Å². The van der Waals surface area contributed by atoms with Gasteiger partial charge in [-0.2, -0.15) is 0 Å². The predicted octanol–water partition coefficient (Wildman–Crippen LogP) is 3.63. The number of nitrogens with one attached hydrogen (secondary N) is 3. The molecule has 0 heterocycles. The Labute approximate surface area is 196 Å². The van der Waals surface area contributed by atoms with Gasteiger partial charge in [-0.25, -0.2) is 9.59 Å². The highest BCUT2D eigenvalue weighted by molar-refractivity contribution is 5.83. The van der Waals surface area contributed by atoms with Gasteiger partial charge in [-0.05, 0) is 74.7 Å². The van der Waals surface area contributed by atoms with Crippen LogP contribution in [0.2, 0.25) is 0 Å². The highest BCUT2D eigenvalue weighted by Gasteiger charge is 2.51. The Balaban J connectivity index is 1.09. The van der Waals surface area contributed by atoms with Gasteiger partial charge in [0.25, 0.3) is 0 Å². The Morgan fingerprint density at radius 1 is 0.939 bits per heavy atom. The van der Waals surface area contributed by atoms with E-state index in [1.165, 1.54) is 19.3 Å². The molecule has 1 aromatic carbocycles. The molecule has 4 bridgehead atoms. The molecule has 5 rings (SSSR count). The zero-order chi connectivity index (χ0) is 23.3. The lowest BCUT2D eigenvalue weighted by Gasteiger charge is -2.56. The number of rotatable bonds is 11. The van der Waals surface area contributed by atoms with Crippen LogP contribution in [0.4, 0.5) is 4.79 Å². The second kappa shape index (κ2) is 10.6. The minimum atomic E-state index is -1.03. The molecule has 4 aliphatic carbocycles. The van der Waals surface area contributed by atoms with Gasteiger partial charge in [0.15, 0.2) is 0 Å². The van der Waals surface area contributed by atoms with Crippen molar-refractivity contribution in [2.75, 3.05) is 6.54 Å². The highest BCUT2D eigenvalue weighted by atomic mass is 16.4. The van der Waals surface area contributed by atoms with Crippen LogP contribution in [0.25, 0.3) is 0 Å². The van der Waals surface area contributed by atoms with Crippen LogP contribution in [0.3, 0.4) is 0 Å². The molecule has 33 heavy (non-hydrogen) atoms. The third kappa shape index (κ3) is 6.49. The van der Waals surface area contributed by atoms with Crippen molar-refractivity contribution < 1.29 is 19.5 Å². The van der Waals surface area contributed by atoms with Crippen LogP contribution in [-0.4, -0.2) is 41.1 Å². The van der Waals surface area contributed by atoms with Crippen molar-refractivity contribution in [3.63, 3.8) is 0 Å². The van der Waals surface area contributed by atoms with E-state index in [9.17, 15) is 19.5 Å². The van der Waals surface area contributed by atoms with Gasteiger partial charge in [0.1, 0.15) is 6.04 Å². The molecule has 4 aliphatic rings. The van der Waals surface area contributed by atoms with E-state index in [1.54, 1.807) is 0 Å². The maximum atomic E-state index is 12.5. The first kappa shape index (κ1) is 23.6. The summed E-state index contributed by atoms with van der Waals surface area (Å²) in [6, 6.07) is 8.32. The molecular formula is C26H37N3O4. The first-order valence-electron chi connectivity index (χ1n) is 12.5. The minimum Gasteiger partial charge on any atom is -0.480 e. The van der Waals surface area contributed by atoms with Gasteiger partial charge in [-0.3, -0.25) is 4.79 Å². The topological polar surface area (TPSA) is 108 Å². The molecule has 0 saturated heterocycles. The fraction of sp³-hybridized carbons (Fsp3) is 0.654. The first-order chi connectivity index (χ1) is 15.9. The van der Waals surface area contributed by atoms with E-state index in [-0.39, 0.29) is 30.3 Å². The zero-order valence-corrected chi connectivity index (χ0v) is 19.4. The number of carboxylic acid groups (broad SMARTS) is 1. The third-order valence-electron chi connectivity index (χ3n) is 7.70. The lowest BCUT2D eigenvalue weighted by Crippen LogP contribution is -2.61. The second-order valence-corrected chi connectivity index (χ2v) is 10.5. The first-order valence-corrected chi connectivity index (χ1v) is 12.5. The van der Waals surface area contributed by atoms with Crippen molar-refractivity contribution in [1.29, 1.82) is 0 Å². The molecule has 3 amide bonds. The molecule has 4 N–H and O–H groups in total. The Morgan fingerprint density at radius 3 is 2.18 bits per heavy atom. The maximum Gasteiger partial charge on any atom is 0.326 e. The molecule has 1 aromatic rings. The quantitative estimate of drug-likeness (QED) is 0.382. The smallest absolute Gasteiger partial charge is 0.326 e. The molecular weight excluding hydrogens is 418 g/mol. The standard InChI is InChI=1S/C26H37N3O4/c30-23(28-22(24(31)32)14-18-7-3-1-4-8-18)9-5-2-6-10-27-25(33)29-26-15-19-11-20(16-26)13-21(12-19)17-26/h1,3-4,7-8,19-22H,2,5-6,9-17H2,(H,28,30)(H,31,32)(H2,27,29,33)/t19?,20?,21?,22-,26?/m0/s1. The summed E-state index contributed by atoms with van der Waals surface area (Å²) >= 11 is 0. The van der Waals surface area contributed by atoms with Gasteiger partial charge in [-0.1, -0.05) is 36.8 Å². The molecule has 1 atom stereocenters. The number of carboxylic acids is 1. The van der Waals surface area contributed by atoms with Crippen molar-refractivity contribution in [2.24, 2.45) is 17.8 Å². The molecule has 180 valence electrons. The van der Waals surface area contributed by atoms with Crippen molar-refractivity contribution >= 4 is 17.9 Å². The molecule has 0 aromatic heterocycles. The molecule has 0 unspecified atom stereocenters. The number of unbranched alkanes of at least 4 members (excludes halogenated alkanes) is 2. The van der Waals surface area contributed by atoms with Gasteiger partial charge in [0, 0.05) is 24.9 Å². The van der Waals surface area contributed by atoms with Gasteiger partial charge in [-0.15, -0.1) is 0 Å². The van der Waals surface area contributed by atoms with Gasteiger partial charge < -0.3 is 21.1 Å². The van der Waals surface area contributed by atoms with Crippen molar-refractivity contribution in [3.05, 3.63) is 35.9 Å². The SMILES string of the molecule is O=C(CCCCCNC(=O)NC12CC3CC(CC(C3)C1)C2)N[C@@H](Cc1ccccc1)C(=O)O. The second-order valence-electron chi connectivity index (χ2n) is 10.5. The number of hydrogen-bond donors (Lipinski definition) is 4. The van der Waals surface area contributed by atoms with Gasteiger partial charge in [0.05, 0.1) is 0 Å². The van der Waals surface area contributed by atoms with Gasteiger partial charge >= 0.3 is 12.0 Å². The largest absolute Gasteiger partial charge is 0.480 e. The van der Waals surface area contributed by atoms with E-state index in [4.69, 9.17) is 0 Å². The van der Waals surface area contributed by atoms with Crippen LogP contribution in [-0.2, 0) is 16.0 Å². The fourth-order valence-electron chi connectivity index (χ4n) is 6.65. The number of amides is 3. The number of benzene rings is 1. The number of hydrogen-bond acceptors (Lipinski definition) is 3. The summed E-state index contributed by atoms with van der Waals surface area (Å²) in [6.07, 6.45) is 10.3. The Kier molecular flexibility index (Phi) is 7.56. The number of urea groups is 1. The third-order valence-corrected chi connectivity index (χ3v) is 7.70. The zero-order valence-electron chi connectivity index (χ0n) is 19.4. The Bertz CT molecular complexity index is 806. The van der Waals surface area contributed by atoms with E-state index in [0.29, 0.717) is 13.0 Å². The highest BCUT2D eigenvalue weighted by Crippen LogP contribution is 2.55. The summed E-state index contributed by atoms with van der Waals surface area (Å²) in [7, 11) is 0. The number of carbonyl (C=O) groups excluding carboxylic acids is 2. The van der Waals surface area contributed by atoms with Gasteiger partial charge in [0.2, 0.25) is 5.91 Å². The lowest BCUT2D eigenvalue weighted by atomic mass is 9.53. The van der Waals surface area contributed by atoms with E-state index < -0.39 is 12.0 Å². The summed E-state index contributed by atoms with van der Waals surface area (Å²) in [6.45, 7) is 0.589. The summed E-state index contributed by atoms with van der Waals surface area (Å²) < 4.78 is 0. The Hall–Kier alpha value is -2.57. The van der Waals surface area contributed by atoms with Crippen molar-refractivity contribution in [3.8, 4) is 0 Å². The van der Waals surface area contributed by atoms with Crippen molar-refractivity contribution in [2.45, 2.75) is 82.2 Å². The van der Waals surface area contributed by atoms with Crippen LogP contribution in [0, 0.1) is 17.8 Å². The predicted molar refractivity (Wildman–Crippen MR) is 126 cm³/mol. The van der Waals surface area contributed by atoms with E-state index in [1.807, 2.05) is 30.3 Å². The number of aliphatic carboxylic acids is 1. The van der Waals surface area contributed by atoms with Crippen LogP contribution >= 0.6 is 0 Å². The summed E-state index contributed by atoms with van der Waals surface area (Å²) in [5, 5.41) is 18.3. The average Bonchev–Trinajstić information content (AvgIpc) is 2.75. The van der Waals surface area contributed by atoms with E-state index in [0.717, 1.165) is 55.4 Å².